The van der Waals surface area contributed by atoms with E-state index < -0.39 is 19.2 Å². The molecule has 6 aromatic rings. The van der Waals surface area contributed by atoms with E-state index in [-0.39, 0.29) is 56.9 Å². The number of nitrogens with one attached hydrogen (secondary N) is 4. The van der Waals surface area contributed by atoms with Crippen LogP contribution in [0.3, 0.4) is 0 Å². The van der Waals surface area contributed by atoms with Crippen molar-refractivity contribution < 1.29 is 33.2 Å². The van der Waals surface area contributed by atoms with Crippen molar-refractivity contribution in [3.05, 3.63) is 115 Å². The van der Waals surface area contributed by atoms with Gasteiger partial charge in [-0.1, -0.05) is 75.2 Å². The third kappa shape index (κ3) is 17.3. The van der Waals surface area contributed by atoms with Crippen molar-refractivity contribution in [2.45, 2.75) is 111 Å². The van der Waals surface area contributed by atoms with Crippen molar-refractivity contribution in [3.8, 4) is 11.5 Å². The lowest BCUT2D eigenvalue weighted by Crippen LogP contribution is -2.44. The SMILES string of the molecule is C.CCC.COc1cc(N2CCC3(CCC(=O)CC3)CC2)c([N+](=O)[O-])cc1Nc1ncc(Cl)c(Nc2ccccc2P(C)(C)=O)n1.COc1cc(N2CCC3(CCC(N(C)C)CC3)CC2)c([N+](=O)[O-])cc1Nc1ncc(Cl)c(Nc2ccccc2P(C)(C)=O)n1. The van der Waals surface area contributed by atoms with Crippen molar-refractivity contribution in [2.75, 3.05) is 112 Å². The number of nitrogens with zero attached hydrogens (tertiary/aromatic N) is 9. The molecule has 2 saturated heterocycles. The molecule has 0 radical (unpaired) electrons. The number of nitro groups is 2. The molecule has 2 saturated carbocycles. The van der Waals surface area contributed by atoms with Crippen molar-refractivity contribution in [1.29, 1.82) is 0 Å². The van der Waals surface area contributed by atoms with Crippen molar-refractivity contribution in [3.63, 3.8) is 0 Å². The number of ether oxygens (including phenoxy) is 2. The molecule has 4 N–H and O–H groups in total. The van der Waals surface area contributed by atoms with Gasteiger partial charge in [0.05, 0.1) is 59.2 Å². The Morgan fingerprint density at radius 3 is 1.32 bits per heavy atom. The van der Waals surface area contributed by atoms with E-state index in [1.807, 2.05) is 35.2 Å². The molecule has 4 fully saturated rings. The summed E-state index contributed by atoms with van der Waals surface area (Å²) in [5, 5.41) is 38.8. The molecule has 26 heteroatoms. The number of methoxy groups -OCH3 is 2. The van der Waals surface area contributed by atoms with Gasteiger partial charge in [0.1, 0.15) is 53.0 Å². The summed E-state index contributed by atoms with van der Waals surface area (Å²) in [5.74, 6) is 2.06. The van der Waals surface area contributed by atoms with Crippen LogP contribution in [0.2, 0.25) is 10.0 Å². The smallest absolute Gasteiger partial charge is 0.294 e. The topological polar surface area (TPSA) is 265 Å². The summed E-state index contributed by atoms with van der Waals surface area (Å²) >= 11 is 12.8. The number of rotatable bonds is 17. The number of hydrogen-bond acceptors (Lipinski definition) is 20. The van der Waals surface area contributed by atoms with Gasteiger partial charge in [0, 0.05) is 79.9 Å². The van der Waals surface area contributed by atoms with Gasteiger partial charge in [0.15, 0.2) is 11.6 Å². The number of halogens is 2. The average Bonchev–Trinajstić information content (AvgIpc) is 1.29. The fourth-order valence-corrected chi connectivity index (χ4v) is 14.9. The van der Waals surface area contributed by atoms with Gasteiger partial charge >= 0.3 is 0 Å². The molecule has 0 bridgehead atoms. The molecule has 0 amide bonds. The maximum absolute atomic E-state index is 12.8. The first-order valence-corrected chi connectivity index (χ1v) is 36.1. The molecule has 0 atom stereocenters. The van der Waals surface area contributed by atoms with Crippen LogP contribution in [0.15, 0.2) is 85.2 Å². The van der Waals surface area contributed by atoms with Crippen LogP contribution in [0, 0.1) is 31.1 Å². The minimum atomic E-state index is -2.59. The standard InChI is InChI=1S/C31H41ClN7O4P.C29H34ClN6O5P.C3H8.CH4/c1-37(2)21-10-12-31(13-11-21)14-16-38(17-15-31)25-19-27(43-3)24(18-26(25)39(40)41)35-30-33-20-22(32)29(36-30)34-23-8-6-7-9-28(23)44(4,5)42;1-41-25-17-23(35-14-12-29(13-15-35)10-8-19(37)9-11-29)24(36(38)39)16-22(25)33-28-31-18-20(30)27(34-28)32-21-6-4-5-7-26(21)42(2,3)40;1-3-2;/h6-9,18-21H,10-17H2,1-5H3,(H2,33,34,35,36);4-7,16-18H,8-15H2,1-3H3,(H2,31,32,33,34);3H2,1-2H3;1H4. The van der Waals surface area contributed by atoms with E-state index in [0.29, 0.717) is 105 Å². The summed E-state index contributed by atoms with van der Waals surface area (Å²) < 4.78 is 37.0. The van der Waals surface area contributed by atoms with Crippen LogP contribution in [-0.4, -0.2) is 128 Å². The second kappa shape index (κ2) is 30.4. The molecule has 2 aliphatic heterocycles. The number of nitro benzene ring substituents is 2. The zero-order chi connectivity index (χ0) is 64.4. The van der Waals surface area contributed by atoms with Gasteiger partial charge in [-0.05, 0) is 140 Å². The molecule has 22 nitrogen and oxygen atoms in total. The number of piperidine rings is 2. The minimum Gasteiger partial charge on any atom is -0.494 e. The maximum Gasteiger partial charge on any atom is 0.294 e. The van der Waals surface area contributed by atoms with Crippen LogP contribution < -0.4 is 51.1 Å². The summed E-state index contributed by atoms with van der Waals surface area (Å²) in [6.07, 6.45) is 15.8. The van der Waals surface area contributed by atoms with Crippen molar-refractivity contribution in [1.82, 2.24) is 24.8 Å². The van der Waals surface area contributed by atoms with Crippen LogP contribution >= 0.6 is 37.5 Å². The van der Waals surface area contributed by atoms with Gasteiger partial charge in [-0.3, -0.25) is 25.0 Å². The molecule has 486 valence electrons. The number of anilines is 10. The Kier molecular flexibility index (Phi) is 23.7. The first kappa shape index (κ1) is 70.4. The predicted octanol–water partition coefficient (Wildman–Crippen LogP) is 15.4. The second-order valence-electron chi connectivity index (χ2n) is 24.5. The van der Waals surface area contributed by atoms with Gasteiger partial charge in [-0.25, -0.2) is 9.97 Å². The lowest BCUT2D eigenvalue weighted by atomic mass is 9.66. The Morgan fingerprint density at radius 1 is 0.611 bits per heavy atom. The number of carbonyl (C=O) groups is 1. The largest absolute Gasteiger partial charge is 0.494 e. The Morgan fingerprint density at radius 2 is 0.978 bits per heavy atom. The van der Waals surface area contributed by atoms with E-state index in [9.17, 15) is 34.2 Å². The first-order valence-electron chi connectivity index (χ1n) is 30.1. The fraction of sp³-hybridized carbons (Fsp3) is 0.484. The van der Waals surface area contributed by atoms with Gasteiger partial charge < -0.3 is 54.6 Å². The average molecular weight is 1320 g/mol. The lowest BCUT2D eigenvalue weighted by molar-refractivity contribution is -0.384. The fourth-order valence-electron chi connectivity index (χ4n) is 12.3. The van der Waals surface area contributed by atoms with E-state index in [4.69, 9.17) is 32.7 Å². The summed E-state index contributed by atoms with van der Waals surface area (Å²) in [7, 11) is 2.17. The number of aromatic nitrogens is 4. The van der Waals surface area contributed by atoms with E-state index >= 15 is 0 Å². The highest BCUT2D eigenvalue weighted by molar-refractivity contribution is 7.70. The summed E-state index contributed by atoms with van der Waals surface area (Å²) in [5.41, 5.74) is 3.36. The molecule has 10 rings (SSSR count). The quantitative estimate of drug-likeness (QED) is 0.0375. The molecule has 90 heavy (non-hydrogen) atoms. The number of Topliss-reactive ketones (excluding diaryl/α,β-unsaturated/α-hetero) is 1. The highest BCUT2D eigenvalue weighted by atomic mass is 35.5. The maximum atomic E-state index is 12.8. The van der Waals surface area contributed by atoms with E-state index in [1.54, 1.807) is 57.0 Å². The number of benzene rings is 4. The molecule has 2 spiro atoms. The van der Waals surface area contributed by atoms with Crippen molar-refractivity contribution >= 4 is 123 Å². The number of carbonyl (C=O) groups excluding carboxylic acids is 1. The van der Waals surface area contributed by atoms with Gasteiger partial charge in [-0.2, -0.15) is 9.97 Å². The third-order valence-electron chi connectivity index (χ3n) is 17.4. The van der Waals surface area contributed by atoms with E-state index in [2.05, 4.69) is 78.9 Å². The zero-order valence-electron chi connectivity index (χ0n) is 52.5. The van der Waals surface area contributed by atoms with Crippen LogP contribution in [0.5, 0.6) is 11.5 Å². The highest BCUT2D eigenvalue weighted by Crippen LogP contribution is 2.50. The van der Waals surface area contributed by atoms with E-state index in [0.717, 1.165) is 51.6 Å². The Bertz CT molecular complexity index is 3610. The van der Waals surface area contributed by atoms with Crippen LogP contribution in [0.4, 0.5) is 69.0 Å². The van der Waals surface area contributed by atoms with Gasteiger partial charge in [0.25, 0.3) is 11.4 Å². The van der Waals surface area contributed by atoms with Crippen molar-refractivity contribution in [2.24, 2.45) is 10.8 Å². The normalized spacial score (nSPS) is 16.4. The van der Waals surface area contributed by atoms with E-state index in [1.165, 1.54) is 70.9 Å². The van der Waals surface area contributed by atoms with Crippen LogP contribution in [-0.2, 0) is 13.9 Å². The molecular formula is C64H87Cl2N13O9P2. The molecule has 4 heterocycles. The van der Waals surface area contributed by atoms with Crippen LogP contribution in [0.25, 0.3) is 0 Å². The summed E-state index contributed by atoms with van der Waals surface area (Å²) in [4.78, 5) is 59.5. The Balaban J connectivity index is 0.000000243. The minimum absolute atomic E-state index is 0. The molecule has 4 aliphatic rings. The number of hydrogen-bond donors (Lipinski definition) is 4. The molecule has 0 unspecified atom stereocenters. The summed E-state index contributed by atoms with van der Waals surface area (Å²) in [6, 6.07) is 21.5. The molecule has 2 aromatic heterocycles. The monoisotopic (exact) mass is 1310 g/mol. The molecule has 2 aliphatic carbocycles. The zero-order valence-corrected chi connectivity index (χ0v) is 55.8. The third-order valence-corrected chi connectivity index (χ3v) is 21.0. The summed E-state index contributed by atoms with van der Waals surface area (Å²) in [6.45, 7) is 13.9. The van der Waals surface area contributed by atoms with Crippen LogP contribution in [0.1, 0.15) is 105 Å². The Hall–Kier alpha value is -7.09. The highest BCUT2D eigenvalue weighted by Gasteiger charge is 2.41. The lowest BCUT2D eigenvalue weighted by Gasteiger charge is -2.47. The van der Waals surface area contributed by atoms with Gasteiger partial charge in [-0.15, -0.1) is 0 Å². The molecular weight excluding hydrogens is 1230 g/mol. The second-order valence-corrected chi connectivity index (χ2v) is 31.7. The molecule has 4 aromatic carbocycles. The Labute approximate surface area is 539 Å². The van der Waals surface area contributed by atoms with Gasteiger partial charge in [0.2, 0.25) is 11.9 Å². The number of ketones is 1. The predicted molar refractivity (Wildman–Crippen MR) is 367 cm³/mol. The number of para-hydroxylation sites is 2. The first-order chi connectivity index (χ1) is 42.3.